The fourth-order valence-electron chi connectivity index (χ4n) is 1.60. The molecule has 0 saturated heterocycles. The van der Waals surface area contributed by atoms with Gasteiger partial charge in [-0.15, -0.1) is 0 Å². The molecule has 0 bridgehead atoms. The van der Waals surface area contributed by atoms with Crippen LogP contribution in [0, 0.1) is 0 Å². The maximum Gasteiger partial charge on any atom is 0.172 e. The van der Waals surface area contributed by atoms with Crippen LogP contribution in [0.5, 0.6) is 0 Å². The first-order chi connectivity index (χ1) is 7.94. The van der Waals surface area contributed by atoms with E-state index in [2.05, 4.69) is 30.8 Å². The molecule has 4 heteroatoms. The number of para-hydroxylation sites is 1. The van der Waals surface area contributed by atoms with Gasteiger partial charge in [-0.25, -0.2) is 0 Å². The molecule has 0 fully saturated rings. The zero-order valence-corrected chi connectivity index (χ0v) is 10.9. The van der Waals surface area contributed by atoms with Crippen LogP contribution in [0.15, 0.2) is 29.4 Å². The molecule has 17 heavy (non-hydrogen) atoms. The van der Waals surface area contributed by atoms with E-state index in [9.17, 15) is 0 Å². The van der Waals surface area contributed by atoms with Crippen molar-refractivity contribution >= 4 is 11.5 Å². The third-order valence-electron chi connectivity index (χ3n) is 3.42. The minimum atomic E-state index is 0.0197. The van der Waals surface area contributed by atoms with Gasteiger partial charge in [0.25, 0.3) is 0 Å². The average molecular weight is 235 g/mol. The summed E-state index contributed by atoms with van der Waals surface area (Å²) in [6, 6.07) is 7.66. The van der Waals surface area contributed by atoms with Crippen molar-refractivity contribution in [2.45, 2.75) is 32.7 Å². The van der Waals surface area contributed by atoms with Crippen LogP contribution in [0.4, 0.5) is 5.69 Å². The Balaban J connectivity index is 3.23. The highest BCUT2D eigenvalue weighted by molar-refractivity contribution is 6.02. The molecule has 3 N–H and O–H groups in total. The van der Waals surface area contributed by atoms with E-state index in [1.165, 1.54) is 0 Å². The summed E-state index contributed by atoms with van der Waals surface area (Å²) in [6.07, 6.45) is 1.01. The normalized spacial score (nSPS) is 12.6. The van der Waals surface area contributed by atoms with Gasteiger partial charge in [-0.3, -0.25) is 0 Å². The molecular formula is C13H21N3O. The van der Waals surface area contributed by atoms with Crippen LogP contribution in [-0.4, -0.2) is 23.6 Å². The largest absolute Gasteiger partial charge is 0.409 e. The highest BCUT2D eigenvalue weighted by Crippen LogP contribution is 2.27. The molecule has 0 spiro atoms. The second-order valence-electron chi connectivity index (χ2n) is 4.73. The number of anilines is 1. The van der Waals surface area contributed by atoms with Gasteiger partial charge in [0.05, 0.1) is 0 Å². The molecule has 1 aromatic carbocycles. The summed E-state index contributed by atoms with van der Waals surface area (Å²) < 4.78 is 0. The minimum absolute atomic E-state index is 0.0197. The van der Waals surface area contributed by atoms with Crippen molar-refractivity contribution in [2.24, 2.45) is 10.9 Å². The molecule has 1 aromatic rings. The van der Waals surface area contributed by atoms with Gasteiger partial charge >= 0.3 is 0 Å². The van der Waals surface area contributed by atoms with Gasteiger partial charge in [0, 0.05) is 23.8 Å². The van der Waals surface area contributed by atoms with Crippen molar-refractivity contribution in [3.63, 3.8) is 0 Å². The van der Waals surface area contributed by atoms with Crippen LogP contribution in [0.3, 0.4) is 0 Å². The van der Waals surface area contributed by atoms with Gasteiger partial charge in [0.1, 0.15) is 0 Å². The summed E-state index contributed by atoms with van der Waals surface area (Å²) in [5.41, 5.74) is 7.43. The van der Waals surface area contributed by atoms with E-state index >= 15 is 0 Å². The maximum atomic E-state index is 8.80. The quantitative estimate of drug-likeness (QED) is 0.364. The fourth-order valence-corrected chi connectivity index (χ4v) is 1.60. The molecule has 94 valence electrons. The summed E-state index contributed by atoms with van der Waals surface area (Å²) in [6.45, 7) is 6.47. The highest BCUT2D eigenvalue weighted by Gasteiger charge is 2.23. The lowest BCUT2D eigenvalue weighted by Gasteiger charge is -2.37. The number of nitrogens with two attached hydrogens (primary N) is 1. The Kier molecular flexibility index (Phi) is 3.99. The molecule has 0 aromatic heterocycles. The Morgan fingerprint density at radius 2 is 2.00 bits per heavy atom. The molecule has 0 aliphatic heterocycles. The zero-order chi connectivity index (χ0) is 13.1. The number of benzene rings is 1. The van der Waals surface area contributed by atoms with Crippen LogP contribution in [0.1, 0.15) is 32.8 Å². The Morgan fingerprint density at radius 1 is 1.41 bits per heavy atom. The minimum Gasteiger partial charge on any atom is -0.409 e. The summed E-state index contributed by atoms with van der Waals surface area (Å²) in [5.74, 6) is 0.138. The smallest absolute Gasteiger partial charge is 0.172 e. The Hall–Kier alpha value is -1.71. The number of nitrogens with zero attached hydrogens (tertiary/aromatic N) is 2. The molecule has 1 rings (SSSR count). The predicted octanol–water partition coefficient (Wildman–Crippen LogP) is 2.41. The number of oxime groups is 1. The standard InChI is InChI=1S/C13H21N3O/c1-5-13(2,3)16(4)11-9-7-6-8-10(11)12(14)15-17/h6-9,17H,5H2,1-4H3,(H2,14,15). The van der Waals surface area contributed by atoms with E-state index in [-0.39, 0.29) is 11.4 Å². The Bertz CT molecular complexity index is 413. The van der Waals surface area contributed by atoms with Crippen molar-refractivity contribution in [3.8, 4) is 0 Å². The molecule has 0 saturated carbocycles. The van der Waals surface area contributed by atoms with Gasteiger partial charge in [0.2, 0.25) is 0 Å². The molecule has 4 nitrogen and oxygen atoms in total. The monoisotopic (exact) mass is 235 g/mol. The zero-order valence-electron chi connectivity index (χ0n) is 10.9. The van der Waals surface area contributed by atoms with Crippen molar-refractivity contribution in [3.05, 3.63) is 29.8 Å². The second-order valence-corrected chi connectivity index (χ2v) is 4.73. The maximum absolute atomic E-state index is 8.80. The first-order valence-electron chi connectivity index (χ1n) is 5.74. The van der Waals surface area contributed by atoms with Crippen LogP contribution < -0.4 is 10.6 Å². The summed E-state index contributed by atoms with van der Waals surface area (Å²) in [7, 11) is 2.02. The average Bonchev–Trinajstić information content (AvgIpc) is 2.36. The molecule has 0 heterocycles. The lowest BCUT2D eigenvalue weighted by Crippen LogP contribution is -2.41. The Morgan fingerprint density at radius 3 is 2.53 bits per heavy atom. The molecule has 0 aliphatic rings. The lowest BCUT2D eigenvalue weighted by molar-refractivity contribution is 0.318. The summed E-state index contributed by atoms with van der Waals surface area (Å²) in [5, 5.41) is 11.9. The van der Waals surface area contributed by atoms with E-state index in [1.807, 2.05) is 31.3 Å². The first kappa shape index (κ1) is 13.4. The van der Waals surface area contributed by atoms with Crippen LogP contribution in [-0.2, 0) is 0 Å². The van der Waals surface area contributed by atoms with E-state index < -0.39 is 0 Å². The van der Waals surface area contributed by atoms with E-state index in [0.717, 1.165) is 17.7 Å². The number of hydrogen-bond donors (Lipinski definition) is 2. The number of amidine groups is 1. The van der Waals surface area contributed by atoms with Crippen molar-refractivity contribution in [2.75, 3.05) is 11.9 Å². The van der Waals surface area contributed by atoms with Crippen LogP contribution in [0.25, 0.3) is 0 Å². The summed E-state index contributed by atoms with van der Waals surface area (Å²) in [4.78, 5) is 2.15. The SMILES string of the molecule is CCC(C)(C)N(C)c1ccccc1C(N)=NO. The first-order valence-corrected chi connectivity index (χ1v) is 5.74. The van der Waals surface area contributed by atoms with Crippen LogP contribution >= 0.6 is 0 Å². The number of hydrogen-bond acceptors (Lipinski definition) is 3. The predicted molar refractivity (Wildman–Crippen MR) is 71.7 cm³/mol. The fraction of sp³-hybridized carbons (Fsp3) is 0.462. The van der Waals surface area contributed by atoms with Gasteiger partial charge in [-0.1, -0.05) is 24.2 Å². The number of rotatable bonds is 4. The van der Waals surface area contributed by atoms with Crippen molar-refractivity contribution in [1.82, 2.24) is 0 Å². The van der Waals surface area contributed by atoms with Gasteiger partial charge < -0.3 is 15.8 Å². The van der Waals surface area contributed by atoms with Crippen LogP contribution in [0.2, 0.25) is 0 Å². The lowest BCUT2D eigenvalue weighted by atomic mass is 9.98. The van der Waals surface area contributed by atoms with E-state index in [1.54, 1.807) is 0 Å². The molecule has 0 amide bonds. The molecular weight excluding hydrogens is 214 g/mol. The van der Waals surface area contributed by atoms with Gasteiger partial charge in [-0.2, -0.15) is 0 Å². The molecule has 0 aliphatic carbocycles. The molecule has 0 unspecified atom stereocenters. The van der Waals surface area contributed by atoms with Crippen molar-refractivity contribution < 1.29 is 5.21 Å². The summed E-state index contributed by atoms with van der Waals surface area (Å²) >= 11 is 0. The topological polar surface area (TPSA) is 61.8 Å². The second kappa shape index (κ2) is 5.08. The van der Waals surface area contributed by atoms with E-state index in [4.69, 9.17) is 10.9 Å². The third-order valence-corrected chi connectivity index (χ3v) is 3.42. The third kappa shape index (κ3) is 2.70. The van der Waals surface area contributed by atoms with E-state index in [0.29, 0.717) is 0 Å². The van der Waals surface area contributed by atoms with Gasteiger partial charge in [0.15, 0.2) is 5.84 Å². The van der Waals surface area contributed by atoms with Gasteiger partial charge in [-0.05, 0) is 32.4 Å². The Labute approximate surface area is 103 Å². The molecule has 0 atom stereocenters. The highest BCUT2D eigenvalue weighted by atomic mass is 16.4. The van der Waals surface area contributed by atoms with Crippen molar-refractivity contribution in [1.29, 1.82) is 0 Å². The molecule has 0 radical (unpaired) electrons.